The Morgan fingerprint density at radius 1 is 1.35 bits per heavy atom. The summed E-state index contributed by atoms with van der Waals surface area (Å²) < 4.78 is 33.0. The first kappa shape index (κ1) is 19.2. The van der Waals surface area contributed by atoms with Crippen LogP contribution in [0.2, 0.25) is 0 Å². The number of amides is 1. The molecule has 1 aromatic rings. The van der Waals surface area contributed by atoms with Gasteiger partial charge in [0.25, 0.3) is 5.91 Å². The molecular formula is C14H21NO7S. The van der Waals surface area contributed by atoms with Gasteiger partial charge in [-0.25, -0.2) is 13.2 Å². The number of sulfone groups is 1. The summed E-state index contributed by atoms with van der Waals surface area (Å²) in [5.74, 6) is -2.29. The lowest BCUT2D eigenvalue weighted by Gasteiger charge is -2.21. The lowest BCUT2D eigenvalue weighted by molar-refractivity contribution is -0.140. The van der Waals surface area contributed by atoms with Crippen LogP contribution in [0.25, 0.3) is 0 Å². The van der Waals surface area contributed by atoms with Crippen molar-refractivity contribution in [1.29, 1.82) is 0 Å². The summed E-state index contributed by atoms with van der Waals surface area (Å²) in [6.45, 7) is 5.64. The topological polar surface area (TPSA) is 123 Å². The second-order valence-electron chi connectivity index (χ2n) is 6.00. The number of aliphatic carboxylic acids is 1. The van der Waals surface area contributed by atoms with E-state index in [1.165, 1.54) is 6.07 Å². The first-order valence-electron chi connectivity index (χ1n) is 6.87. The molecule has 23 heavy (non-hydrogen) atoms. The molecule has 1 heterocycles. The standard InChI is InChI=1S/C14H21NO7S/c1-14(2,3)21-8-7-9(13(17)18)15-12(16)10-5-6-11(22-10)23(4,19)20/h5-6,9H,7-8H2,1-4H3,(H,15,16)(H,17,18). The highest BCUT2D eigenvalue weighted by atomic mass is 32.2. The molecule has 2 N–H and O–H groups in total. The van der Waals surface area contributed by atoms with Gasteiger partial charge in [-0.05, 0) is 32.9 Å². The van der Waals surface area contributed by atoms with Crippen molar-refractivity contribution in [2.24, 2.45) is 0 Å². The van der Waals surface area contributed by atoms with Crippen molar-refractivity contribution < 1.29 is 32.3 Å². The van der Waals surface area contributed by atoms with Gasteiger partial charge in [0.05, 0.1) is 5.60 Å². The first-order valence-corrected chi connectivity index (χ1v) is 8.77. The predicted molar refractivity (Wildman–Crippen MR) is 81.0 cm³/mol. The summed E-state index contributed by atoms with van der Waals surface area (Å²) in [7, 11) is -3.57. The number of carbonyl (C=O) groups excluding carboxylic acids is 1. The van der Waals surface area contributed by atoms with Gasteiger partial charge < -0.3 is 19.6 Å². The van der Waals surface area contributed by atoms with Crippen LogP contribution in [-0.4, -0.2) is 49.9 Å². The van der Waals surface area contributed by atoms with Gasteiger partial charge in [0.2, 0.25) is 14.9 Å². The van der Waals surface area contributed by atoms with E-state index in [9.17, 15) is 18.0 Å². The second kappa shape index (κ2) is 7.14. The lowest BCUT2D eigenvalue weighted by atomic mass is 10.1. The van der Waals surface area contributed by atoms with Crippen molar-refractivity contribution in [2.45, 2.75) is 43.9 Å². The van der Waals surface area contributed by atoms with Gasteiger partial charge in [0.1, 0.15) is 6.04 Å². The molecule has 0 aliphatic heterocycles. The number of nitrogens with one attached hydrogen (secondary N) is 1. The molecular weight excluding hydrogens is 326 g/mol. The number of carboxylic acids is 1. The fraction of sp³-hybridized carbons (Fsp3) is 0.571. The van der Waals surface area contributed by atoms with Gasteiger partial charge in [-0.1, -0.05) is 0 Å². The highest BCUT2D eigenvalue weighted by molar-refractivity contribution is 7.90. The van der Waals surface area contributed by atoms with E-state index in [0.29, 0.717) is 0 Å². The van der Waals surface area contributed by atoms with Gasteiger partial charge in [-0.2, -0.15) is 0 Å². The highest BCUT2D eigenvalue weighted by Gasteiger charge is 2.24. The third-order valence-corrected chi connectivity index (χ3v) is 3.67. The molecule has 1 rings (SSSR count). The number of rotatable bonds is 7. The number of carbonyl (C=O) groups is 2. The van der Waals surface area contributed by atoms with Gasteiger partial charge >= 0.3 is 5.97 Å². The quantitative estimate of drug-likeness (QED) is 0.756. The van der Waals surface area contributed by atoms with Crippen LogP contribution in [0.3, 0.4) is 0 Å². The first-order chi connectivity index (χ1) is 10.4. The molecule has 0 spiro atoms. The van der Waals surface area contributed by atoms with Gasteiger partial charge in [-0.3, -0.25) is 4.79 Å². The zero-order chi connectivity index (χ0) is 17.8. The van der Waals surface area contributed by atoms with Crippen molar-refractivity contribution in [3.05, 3.63) is 17.9 Å². The van der Waals surface area contributed by atoms with Crippen molar-refractivity contribution in [1.82, 2.24) is 5.32 Å². The number of carboxylic acid groups (broad SMARTS) is 1. The molecule has 0 bridgehead atoms. The van der Waals surface area contributed by atoms with Crippen molar-refractivity contribution in [2.75, 3.05) is 12.9 Å². The van der Waals surface area contributed by atoms with Crippen LogP contribution in [0, 0.1) is 0 Å². The maximum Gasteiger partial charge on any atom is 0.326 e. The summed E-state index contributed by atoms with van der Waals surface area (Å²) in [5, 5.41) is 11.1. The van der Waals surface area contributed by atoms with E-state index in [-0.39, 0.29) is 23.9 Å². The normalized spacial score (nSPS) is 13.6. The summed E-state index contributed by atoms with van der Waals surface area (Å²) in [6, 6.07) is 1.15. The van der Waals surface area contributed by atoms with E-state index in [4.69, 9.17) is 14.3 Å². The highest BCUT2D eigenvalue weighted by Crippen LogP contribution is 2.14. The molecule has 0 aliphatic carbocycles. The molecule has 0 aromatic carbocycles. The third kappa shape index (κ3) is 6.41. The van der Waals surface area contributed by atoms with E-state index >= 15 is 0 Å². The molecule has 130 valence electrons. The minimum absolute atomic E-state index is 0.0674. The second-order valence-corrected chi connectivity index (χ2v) is 7.95. The summed E-state index contributed by atoms with van der Waals surface area (Å²) in [4.78, 5) is 23.1. The average Bonchev–Trinajstić information content (AvgIpc) is 2.85. The van der Waals surface area contributed by atoms with Crippen LogP contribution >= 0.6 is 0 Å². The fourth-order valence-corrected chi connectivity index (χ4v) is 2.17. The Balaban J connectivity index is 2.71. The number of hydrogen-bond donors (Lipinski definition) is 2. The van der Waals surface area contributed by atoms with E-state index in [1.807, 2.05) is 20.8 Å². The average molecular weight is 347 g/mol. The van der Waals surface area contributed by atoms with E-state index in [2.05, 4.69) is 5.32 Å². The van der Waals surface area contributed by atoms with Crippen molar-refractivity contribution >= 4 is 21.7 Å². The zero-order valence-electron chi connectivity index (χ0n) is 13.5. The number of hydrogen-bond acceptors (Lipinski definition) is 6. The third-order valence-electron chi connectivity index (χ3n) is 2.72. The predicted octanol–water partition coefficient (Wildman–Crippen LogP) is 1.07. The minimum atomic E-state index is -3.57. The van der Waals surface area contributed by atoms with Crippen molar-refractivity contribution in [3.8, 4) is 0 Å². The van der Waals surface area contributed by atoms with E-state index in [1.54, 1.807) is 0 Å². The molecule has 0 aliphatic rings. The van der Waals surface area contributed by atoms with Gasteiger partial charge in [-0.15, -0.1) is 0 Å². The van der Waals surface area contributed by atoms with Crippen LogP contribution in [0.5, 0.6) is 0 Å². The van der Waals surface area contributed by atoms with Crippen LogP contribution < -0.4 is 5.32 Å². The Kier molecular flexibility index (Phi) is 5.95. The Labute approximate surface area is 134 Å². The molecule has 1 aromatic heterocycles. The van der Waals surface area contributed by atoms with Crippen LogP contribution in [0.1, 0.15) is 37.7 Å². The van der Waals surface area contributed by atoms with Crippen LogP contribution in [-0.2, 0) is 19.4 Å². The van der Waals surface area contributed by atoms with Gasteiger partial charge in [0, 0.05) is 19.3 Å². The van der Waals surface area contributed by atoms with Crippen LogP contribution in [0.15, 0.2) is 21.6 Å². The molecule has 9 heteroatoms. The van der Waals surface area contributed by atoms with E-state index in [0.717, 1.165) is 12.3 Å². The summed E-state index contributed by atoms with van der Waals surface area (Å²) >= 11 is 0. The Hall–Kier alpha value is -1.87. The molecule has 0 saturated carbocycles. The molecule has 1 unspecified atom stereocenters. The largest absolute Gasteiger partial charge is 0.480 e. The van der Waals surface area contributed by atoms with Gasteiger partial charge in [0.15, 0.2) is 5.76 Å². The SMILES string of the molecule is CC(C)(C)OCCC(NC(=O)c1ccc(S(C)(=O)=O)o1)C(=O)O. The van der Waals surface area contributed by atoms with Crippen LogP contribution in [0.4, 0.5) is 0 Å². The maximum atomic E-state index is 12.0. The molecule has 1 amide bonds. The molecule has 8 nitrogen and oxygen atoms in total. The summed E-state index contributed by atoms with van der Waals surface area (Å²) in [6.07, 6.45) is 1.01. The Morgan fingerprint density at radius 3 is 2.39 bits per heavy atom. The number of furan rings is 1. The molecule has 0 radical (unpaired) electrons. The number of ether oxygens (including phenoxy) is 1. The molecule has 1 atom stereocenters. The monoisotopic (exact) mass is 347 g/mol. The smallest absolute Gasteiger partial charge is 0.326 e. The minimum Gasteiger partial charge on any atom is -0.480 e. The molecule has 0 saturated heterocycles. The lowest BCUT2D eigenvalue weighted by Crippen LogP contribution is -2.41. The molecule has 0 fully saturated rings. The zero-order valence-corrected chi connectivity index (χ0v) is 14.3. The summed E-state index contributed by atoms with van der Waals surface area (Å²) in [5.41, 5.74) is -0.418. The Bertz CT molecular complexity index is 670. The Morgan fingerprint density at radius 2 is 1.96 bits per heavy atom. The van der Waals surface area contributed by atoms with Crippen molar-refractivity contribution in [3.63, 3.8) is 0 Å². The maximum absolute atomic E-state index is 12.0. The fourth-order valence-electron chi connectivity index (χ4n) is 1.61. The van der Waals surface area contributed by atoms with E-state index < -0.39 is 33.4 Å².